The second-order valence-electron chi connectivity index (χ2n) is 10.2. The average molecular weight is 612 g/mol. The van der Waals surface area contributed by atoms with Crippen LogP contribution in [0.4, 0.5) is 5.69 Å². The Labute approximate surface area is 246 Å². The van der Waals surface area contributed by atoms with E-state index in [0.29, 0.717) is 29.4 Å². The topological polar surface area (TPSA) is 75.7 Å². The van der Waals surface area contributed by atoms with Crippen molar-refractivity contribution >= 4 is 56.4 Å². The maximum absolute atomic E-state index is 13.8. The zero-order valence-electron chi connectivity index (χ0n) is 22.3. The third-order valence-electron chi connectivity index (χ3n) is 5.83. The lowest BCUT2D eigenvalue weighted by molar-refractivity contribution is -0.143. The van der Waals surface area contributed by atoms with Gasteiger partial charge in [0.1, 0.15) is 0 Å². The number of rotatable bonds is 11. The van der Waals surface area contributed by atoms with Gasteiger partial charge < -0.3 is 10.1 Å². The van der Waals surface area contributed by atoms with E-state index in [9.17, 15) is 13.2 Å². The minimum atomic E-state index is -4.01. The Bertz CT molecular complexity index is 1360. The molecule has 2 atom stereocenters. The normalized spacial score (nSPS) is 13.5. The van der Waals surface area contributed by atoms with Gasteiger partial charge in [-0.1, -0.05) is 65.1 Å². The molecule has 1 amide bonds. The zero-order chi connectivity index (χ0) is 28.8. The summed E-state index contributed by atoms with van der Waals surface area (Å²) in [5, 5.41) is 3.98. The summed E-state index contributed by atoms with van der Waals surface area (Å²) in [6.07, 6.45) is 0.177. The number of anilines is 1. The Morgan fingerprint density at radius 1 is 0.949 bits per heavy atom. The average Bonchev–Trinajstić information content (AvgIpc) is 2.87. The number of benzene rings is 3. The summed E-state index contributed by atoms with van der Waals surface area (Å²) in [5.41, 5.74) is 0.506. The van der Waals surface area contributed by atoms with Crippen molar-refractivity contribution < 1.29 is 17.9 Å². The molecule has 1 N–H and O–H groups in total. The molecule has 0 aliphatic carbocycles. The third-order valence-corrected chi connectivity index (χ3v) is 8.58. The molecule has 0 fully saturated rings. The van der Waals surface area contributed by atoms with Gasteiger partial charge >= 0.3 is 0 Å². The Morgan fingerprint density at radius 3 is 2.18 bits per heavy atom. The molecule has 0 saturated carbocycles. The van der Waals surface area contributed by atoms with Gasteiger partial charge in [0.25, 0.3) is 15.9 Å². The van der Waals surface area contributed by atoms with E-state index in [1.165, 1.54) is 34.6 Å². The molecule has 0 aromatic heterocycles. The molecule has 3 aromatic carbocycles. The van der Waals surface area contributed by atoms with Gasteiger partial charge in [0.15, 0.2) is 6.10 Å². The summed E-state index contributed by atoms with van der Waals surface area (Å²) in [5.74, 6) is -0.257. The molecule has 10 heteroatoms. The summed E-state index contributed by atoms with van der Waals surface area (Å²) < 4.78 is 34.9. The molecule has 1 unspecified atom stereocenters. The molecule has 210 valence electrons. The molecular weight excluding hydrogens is 579 g/mol. The van der Waals surface area contributed by atoms with Crippen LogP contribution < -0.4 is 9.62 Å². The highest BCUT2D eigenvalue weighted by atomic mass is 35.5. The number of sulfonamides is 1. The van der Waals surface area contributed by atoms with Crippen LogP contribution >= 0.6 is 34.8 Å². The fraction of sp³-hybridized carbons (Fsp3) is 0.345. The number of amides is 1. The fourth-order valence-electron chi connectivity index (χ4n) is 4.05. The minimum Gasteiger partial charge on any atom is -0.358 e. The number of nitrogens with zero attached hydrogens (tertiary/aromatic N) is 1. The summed E-state index contributed by atoms with van der Waals surface area (Å²) in [7, 11) is -4.01. The maximum Gasteiger partial charge on any atom is 0.264 e. The largest absolute Gasteiger partial charge is 0.358 e. The molecule has 3 rings (SSSR count). The Hall–Kier alpha value is -2.29. The predicted octanol–water partition coefficient (Wildman–Crippen LogP) is 7.68. The Kier molecular flexibility index (Phi) is 10.7. The van der Waals surface area contributed by atoms with Crippen LogP contribution in [0.5, 0.6) is 0 Å². The molecule has 0 saturated heterocycles. The van der Waals surface area contributed by atoms with E-state index in [1.54, 1.807) is 19.1 Å². The Balaban J connectivity index is 1.76. The van der Waals surface area contributed by atoms with E-state index >= 15 is 0 Å². The van der Waals surface area contributed by atoms with Crippen molar-refractivity contribution in [1.29, 1.82) is 0 Å². The molecule has 0 spiro atoms. The van der Waals surface area contributed by atoms with E-state index in [2.05, 4.69) is 5.32 Å². The van der Waals surface area contributed by atoms with E-state index in [0.717, 1.165) is 5.56 Å². The first kappa shape index (κ1) is 31.2. The predicted molar refractivity (Wildman–Crippen MR) is 159 cm³/mol. The van der Waals surface area contributed by atoms with Crippen LogP contribution in [0.15, 0.2) is 77.7 Å². The van der Waals surface area contributed by atoms with Crippen molar-refractivity contribution in [2.75, 3.05) is 10.8 Å². The fourth-order valence-corrected chi connectivity index (χ4v) is 6.30. The molecular formula is C29H33Cl3N2O4S. The smallest absolute Gasteiger partial charge is 0.264 e. The first-order chi connectivity index (χ1) is 18.3. The number of nitrogens with one attached hydrogen (secondary N) is 1. The van der Waals surface area contributed by atoms with Gasteiger partial charge in [0.2, 0.25) is 0 Å². The lowest BCUT2D eigenvalue weighted by Gasteiger charge is -2.31. The molecule has 0 bridgehead atoms. The number of carbonyl (C=O) groups excluding carboxylic acids is 1. The summed E-state index contributed by atoms with van der Waals surface area (Å²) in [4.78, 5) is 13.2. The number of carbonyl (C=O) groups is 1. The first-order valence-corrected chi connectivity index (χ1v) is 15.1. The number of halogens is 3. The van der Waals surface area contributed by atoms with Crippen LogP contribution in [-0.4, -0.2) is 32.5 Å². The van der Waals surface area contributed by atoms with Gasteiger partial charge in [-0.05, 0) is 88.6 Å². The van der Waals surface area contributed by atoms with Crippen molar-refractivity contribution in [1.82, 2.24) is 5.32 Å². The molecule has 0 aliphatic rings. The van der Waals surface area contributed by atoms with Crippen LogP contribution in [0, 0.1) is 0 Å². The Morgan fingerprint density at radius 2 is 1.56 bits per heavy atom. The molecule has 6 nitrogen and oxygen atoms in total. The van der Waals surface area contributed by atoms with Crippen molar-refractivity contribution in [3.63, 3.8) is 0 Å². The quantitative estimate of drug-likeness (QED) is 0.226. The van der Waals surface area contributed by atoms with E-state index in [4.69, 9.17) is 39.5 Å². The highest BCUT2D eigenvalue weighted by molar-refractivity contribution is 7.92. The van der Waals surface area contributed by atoms with Crippen LogP contribution in [0.2, 0.25) is 15.1 Å². The van der Waals surface area contributed by atoms with Crippen molar-refractivity contribution in [3.05, 3.63) is 93.4 Å². The number of ether oxygens (including phenoxy) is 1. The van der Waals surface area contributed by atoms with Gasteiger partial charge in [-0.15, -0.1) is 0 Å². The molecule has 3 aromatic rings. The third kappa shape index (κ3) is 8.60. The summed E-state index contributed by atoms with van der Waals surface area (Å²) >= 11 is 18.6. The van der Waals surface area contributed by atoms with E-state index in [1.807, 2.05) is 51.1 Å². The van der Waals surface area contributed by atoms with Crippen molar-refractivity contribution in [2.24, 2.45) is 0 Å². The summed E-state index contributed by atoms with van der Waals surface area (Å²) in [6, 6.07) is 19.5. The summed E-state index contributed by atoms with van der Waals surface area (Å²) in [6.45, 7) is 7.82. The van der Waals surface area contributed by atoms with Gasteiger partial charge in [0.05, 0.1) is 21.2 Å². The van der Waals surface area contributed by atoms with Crippen molar-refractivity contribution in [3.8, 4) is 0 Å². The highest BCUT2D eigenvalue weighted by Crippen LogP contribution is 2.35. The standard InChI is InChI=1S/C29H33Cl3N2O4S/c1-20(9-8-18-33-28(35)27(38-29(2,3)4)21-10-6-5-7-11-21)34(26-19-23(31)14-17-25(26)32)39(36,37)24-15-12-22(30)13-16-24/h5-7,10-17,19-20,27H,8-9,18H2,1-4H3,(H,33,35)/t20?,27-/m1/s1. The van der Waals surface area contributed by atoms with Gasteiger partial charge in [0, 0.05) is 22.6 Å². The van der Waals surface area contributed by atoms with Crippen LogP contribution in [0.3, 0.4) is 0 Å². The van der Waals surface area contributed by atoms with Crippen LogP contribution in [0.25, 0.3) is 0 Å². The second kappa shape index (κ2) is 13.4. The molecule has 0 heterocycles. The van der Waals surface area contributed by atoms with E-state index in [-0.39, 0.29) is 21.5 Å². The maximum atomic E-state index is 13.8. The molecule has 0 aliphatic heterocycles. The van der Waals surface area contributed by atoms with Gasteiger partial charge in [-0.3, -0.25) is 9.10 Å². The lowest BCUT2D eigenvalue weighted by Crippen LogP contribution is -2.40. The zero-order valence-corrected chi connectivity index (χ0v) is 25.4. The lowest BCUT2D eigenvalue weighted by atomic mass is 10.1. The van der Waals surface area contributed by atoms with E-state index < -0.39 is 27.8 Å². The monoisotopic (exact) mass is 610 g/mol. The SMILES string of the molecule is CC(CCCNC(=O)[C@H](OC(C)(C)C)c1ccccc1)N(c1cc(Cl)ccc1Cl)S(=O)(=O)c1ccc(Cl)cc1. The first-order valence-electron chi connectivity index (χ1n) is 12.5. The van der Waals surface area contributed by atoms with Gasteiger partial charge in [-0.2, -0.15) is 0 Å². The number of hydrogen-bond acceptors (Lipinski definition) is 4. The molecule has 0 radical (unpaired) electrons. The molecule has 39 heavy (non-hydrogen) atoms. The van der Waals surface area contributed by atoms with Crippen LogP contribution in [0.1, 0.15) is 52.2 Å². The highest BCUT2D eigenvalue weighted by Gasteiger charge is 2.31. The minimum absolute atomic E-state index is 0.0770. The second-order valence-corrected chi connectivity index (χ2v) is 13.2. The van der Waals surface area contributed by atoms with Crippen molar-refractivity contribution in [2.45, 2.75) is 63.2 Å². The van der Waals surface area contributed by atoms with Gasteiger partial charge in [-0.25, -0.2) is 8.42 Å². The number of hydrogen-bond donors (Lipinski definition) is 1. The van der Waals surface area contributed by atoms with Crippen LogP contribution in [-0.2, 0) is 19.6 Å².